The minimum Gasteiger partial charge on any atom is -0.386 e. The third-order valence-corrected chi connectivity index (χ3v) is 4.66. The van der Waals surface area contributed by atoms with Crippen LogP contribution in [0.4, 0.5) is 4.79 Å². The molecule has 0 saturated carbocycles. The van der Waals surface area contributed by atoms with Crippen LogP contribution in [-0.4, -0.2) is 28.8 Å². The average Bonchev–Trinajstić information content (AvgIpc) is 3.09. The van der Waals surface area contributed by atoms with Gasteiger partial charge in [0.25, 0.3) is 5.56 Å². The summed E-state index contributed by atoms with van der Waals surface area (Å²) in [5, 5.41) is 17.2. The van der Waals surface area contributed by atoms with Crippen LogP contribution in [0.3, 0.4) is 0 Å². The molecule has 1 atom stereocenters. The molecule has 0 saturated heterocycles. The fourth-order valence-corrected chi connectivity index (χ4v) is 3.05. The first kappa shape index (κ1) is 18.2. The zero-order chi connectivity index (χ0) is 17.4. The van der Waals surface area contributed by atoms with Crippen LogP contribution in [0.5, 0.6) is 0 Å². The number of aliphatic hydroxyl groups is 1. The van der Waals surface area contributed by atoms with Gasteiger partial charge in [-0.25, -0.2) is 4.79 Å². The Labute approximate surface area is 145 Å². The molecule has 130 valence electrons. The number of amides is 2. The molecule has 24 heavy (non-hydrogen) atoms. The highest BCUT2D eigenvalue weighted by molar-refractivity contribution is 7.10. The summed E-state index contributed by atoms with van der Waals surface area (Å²) in [7, 11) is 0. The lowest BCUT2D eigenvalue weighted by Gasteiger charge is -2.12. The Hall–Kier alpha value is -2.12. The van der Waals surface area contributed by atoms with Crippen molar-refractivity contribution < 1.29 is 9.90 Å². The van der Waals surface area contributed by atoms with Gasteiger partial charge in [0.15, 0.2) is 0 Å². The van der Waals surface area contributed by atoms with Gasteiger partial charge in [-0.3, -0.25) is 4.79 Å². The number of thiophene rings is 1. The van der Waals surface area contributed by atoms with Gasteiger partial charge in [-0.2, -0.15) is 0 Å². The smallest absolute Gasteiger partial charge is 0.314 e. The molecule has 2 heterocycles. The van der Waals surface area contributed by atoms with Crippen LogP contribution < -0.4 is 16.2 Å². The molecule has 2 amide bonds. The maximum absolute atomic E-state index is 11.7. The predicted molar refractivity (Wildman–Crippen MR) is 95.4 cm³/mol. The van der Waals surface area contributed by atoms with Crippen LogP contribution in [0, 0.1) is 6.92 Å². The molecule has 6 nitrogen and oxygen atoms in total. The molecule has 2 rings (SSSR count). The van der Waals surface area contributed by atoms with Gasteiger partial charge in [0.2, 0.25) is 0 Å². The van der Waals surface area contributed by atoms with E-state index in [1.807, 2.05) is 30.5 Å². The van der Waals surface area contributed by atoms with E-state index >= 15 is 0 Å². The largest absolute Gasteiger partial charge is 0.386 e. The topological polar surface area (TPSA) is 83.4 Å². The van der Waals surface area contributed by atoms with Crippen molar-refractivity contribution in [3.63, 3.8) is 0 Å². The highest BCUT2D eigenvalue weighted by atomic mass is 32.1. The lowest BCUT2D eigenvalue weighted by atomic mass is 10.3. The summed E-state index contributed by atoms with van der Waals surface area (Å²) >= 11 is 1.46. The summed E-state index contributed by atoms with van der Waals surface area (Å²) in [5.74, 6) is 0. The molecule has 0 radical (unpaired) electrons. The molecule has 7 heteroatoms. The Morgan fingerprint density at radius 3 is 2.79 bits per heavy atom. The van der Waals surface area contributed by atoms with E-state index in [-0.39, 0.29) is 18.1 Å². The number of aliphatic hydroxyl groups excluding tert-OH is 1. The standard InChI is InChI=1S/C17H23N3O3S/c1-13-6-4-8-16(22)20(13)10-3-2-9-18-17(23)19-12-14(21)15-7-5-11-24-15/h4-8,11,14,21H,2-3,9-10,12H2,1H3,(H2,18,19,23)/t14-/m0/s1. The van der Waals surface area contributed by atoms with Gasteiger partial charge >= 0.3 is 6.03 Å². The number of nitrogens with one attached hydrogen (secondary N) is 2. The third-order valence-electron chi connectivity index (χ3n) is 3.69. The van der Waals surface area contributed by atoms with Gasteiger partial charge < -0.3 is 20.3 Å². The lowest BCUT2D eigenvalue weighted by molar-refractivity contribution is 0.176. The van der Waals surface area contributed by atoms with Crippen LogP contribution in [-0.2, 0) is 6.54 Å². The fraction of sp³-hybridized carbons (Fsp3) is 0.412. The summed E-state index contributed by atoms with van der Waals surface area (Å²) < 4.78 is 1.73. The first-order chi connectivity index (χ1) is 11.6. The number of urea groups is 1. The first-order valence-electron chi connectivity index (χ1n) is 7.97. The fourth-order valence-electron chi connectivity index (χ4n) is 2.34. The molecule has 2 aromatic rings. The summed E-state index contributed by atoms with van der Waals surface area (Å²) in [4.78, 5) is 24.2. The molecule has 0 aliphatic rings. The highest BCUT2D eigenvalue weighted by Gasteiger charge is 2.09. The summed E-state index contributed by atoms with van der Waals surface area (Å²) in [6.07, 6.45) is 0.911. The van der Waals surface area contributed by atoms with Crippen LogP contribution in [0.1, 0.15) is 29.5 Å². The van der Waals surface area contributed by atoms with E-state index in [1.165, 1.54) is 11.3 Å². The van der Waals surface area contributed by atoms with E-state index in [9.17, 15) is 14.7 Å². The van der Waals surface area contributed by atoms with E-state index in [0.717, 1.165) is 23.4 Å². The lowest BCUT2D eigenvalue weighted by Crippen LogP contribution is -2.38. The van der Waals surface area contributed by atoms with E-state index in [0.29, 0.717) is 13.1 Å². The SMILES string of the molecule is Cc1cccc(=O)n1CCCCNC(=O)NC[C@H](O)c1cccs1. The van der Waals surface area contributed by atoms with Gasteiger partial charge in [0.05, 0.1) is 6.54 Å². The van der Waals surface area contributed by atoms with Crippen molar-refractivity contribution in [2.75, 3.05) is 13.1 Å². The Balaban J connectivity index is 1.60. The zero-order valence-corrected chi connectivity index (χ0v) is 14.5. The van der Waals surface area contributed by atoms with E-state index < -0.39 is 6.10 Å². The second-order valence-electron chi connectivity index (χ2n) is 5.53. The highest BCUT2D eigenvalue weighted by Crippen LogP contribution is 2.17. The van der Waals surface area contributed by atoms with Gasteiger partial charge in [-0.05, 0) is 37.3 Å². The number of unbranched alkanes of at least 4 members (excludes halogenated alkanes) is 1. The van der Waals surface area contributed by atoms with Crippen molar-refractivity contribution in [1.82, 2.24) is 15.2 Å². The second-order valence-corrected chi connectivity index (χ2v) is 6.51. The van der Waals surface area contributed by atoms with Crippen molar-refractivity contribution >= 4 is 17.4 Å². The summed E-state index contributed by atoms with van der Waals surface area (Å²) in [5.41, 5.74) is 0.944. The van der Waals surface area contributed by atoms with Crippen molar-refractivity contribution in [3.8, 4) is 0 Å². The number of hydrogen-bond donors (Lipinski definition) is 3. The molecule has 2 aromatic heterocycles. The van der Waals surface area contributed by atoms with Crippen LogP contribution in [0.2, 0.25) is 0 Å². The van der Waals surface area contributed by atoms with E-state index in [1.54, 1.807) is 16.7 Å². The summed E-state index contributed by atoms with van der Waals surface area (Å²) in [6.45, 7) is 3.27. The van der Waals surface area contributed by atoms with E-state index in [2.05, 4.69) is 10.6 Å². The van der Waals surface area contributed by atoms with Crippen LogP contribution >= 0.6 is 11.3 Å². The summed E-state index contributed by atoms with van der Waals surface area (Å²) in [6, 6.07) is 8.62. The van der Waals surface area contributed by atoms with Crippen molar-refractivity contribution in [2.24, 2.45) is 0 Å². The maximum Gasteiger partial charge on any atom is 0.314 e. The molecular formula is C17H23N3O3S. The average molecular weight is 349 g/mol. The van der Waals surface area contributed by atoms with Crippen molar-refractivity contribution in [1.29, 1.82) is 0 Å². The number of hydrogen-bond acceptors (Lipinski definition) is 4. The van der Waals surface area contributed by atoms with Gasteiger partial charge in [0.1, 0.15) is 6.10 Å². The molecule has 0 bridgehead atoms. The van der Waals surface area contributed by atoms with Crippen LogP contribution in [0.15, 0.2) is 40.5 Å². The van der Waals surface area contributed by atoms with Gasteiger partial charge in [-0.15, -0.1) is 11.3 Å². The Kier molecular flexibility index (Phi) is 7.02. The maximum atomic E-state index is 11.7. The molecule has 0 fully saturated rings. The monoisotopic (exact) mass is 349 g/mol. The Morgan fingerprint density at radius 1 is 1.25 bits per heavy atom. The minimum absolute atomic E-state index is 0.00302. The van der Waals surface area contributed by atoms with E-state index in [4.69, 9.17) is 0 Å². The van der Waals surface area contributed by atoms with Gasteiger partial charge in [0, 0.05) is 29.7 Å². The minimum atomic E-state index is -0.677. The number of pyridine rings is 1. The van der Waals surface area contributed by atoms with Crippen molar-refractivity contribution in [3.05, 3.63) is 56.6 Å². The molecular weight excluding hydrogens is 326 g/mol. The predicted octanol–water partition coefficient (Wildman–Crippen LogP) is 2.03. The quantitative estimate of drug-likeness (QED) is 0.638. The number of carbonyl (C=O) groups is 1. The zero-order valence-electron chi connectivity index (χ0n) is 13.7. The Bertz CT molecular complexity index is 697. The molecule has 0 unspecified atom stereocenters. The molecule has 0 aliphatic heterocycles. The first-order valence-corrected chi connectivity index (χ1v) is 8.85. The van der Waals surface area contributed by atoms with Crippen molar-refractivity contribution in [2.45, 2.75) is 32.4 Å². The Morgan fingerprint density at radius 2 is 2.08 bits per heavy atom. The van der Waals surface area contributed by atoms with Crippen LogP contribution in [0.25, 0.3) is 0 Å². The molecule has 3 N–H and O–H groups in total. The number of aromatic nitrogens is 1. The molecule has 0 aromatic carbocycles. The number of nitrogens with zero attached hydrogens (tertiary/aromatic N) is 1. The third kappa shape index (κ3) is 5.50. The second kappa shape index (κ2) is 9.24. The number of rotatable bonds is 8. The number of aryl methyl sites for hydroxylation is 1. The molecule has 0 aliphatic carbocycles. The number of carbonyl (C=O) groups excluding carboxylic acids is 1. The van der Waals surface area contributed by atoms with Gasteiger partial charge in [-0.1, -0.05) is 12.1 Å². The molecule has 0 spiro atoms. The normalized spacial score (nSPS) is 11.9.